The summed E-state index contributed by atoms with van der Waals surface area (Å²) in [4.78, 5) is 19.4. The van der Waals surface area contributed by atoms with E-state index < -0.39 is 0 Å². The highest BCUT2D eigenvalue weighted by molar-refractivity contribution is 6.24. The molecule has 0 bridgehead atoms. The molecule has 218 valence electrons. The second-order valence-corrected chi connectivity index (χ2v) is 11.8. The minimum Gasteiger partial charge on any atom is -0.455 e. The minimum atomic E-state index is 0.884. The summed E-state index contributed by atoms with van der Waals surface area (Å²) in [5, 5.41) is 7.57. The number of furan rings is 1. The predicted molar refractivity (Wildman–Crippen MR) is 191 cm³/mol. The van der Waals surface area contributed by atoms with Gasteiger partial charge in [-0.15, -0.1) is 0 Å². The Morgan fingerprint density at radius 1 is 0.489 bits per heavy atom. The number of fused-ring (bicyclic) bond motifs is 10. The van der Waals surface area contributed by atoms with Gasteiger partial charge in [-0.05, 0) is 48.0 Å². The first-order valence-electron chi connectivity index (χ1n) is 15.6. The van der Waals surface area contributed by atoms with E-state index in [4.69, 9.17) is 14.4 Å². The third-order valence-corrected chi connectivity index (χ3v) is 9.20. The van der Waals surface area contributed by atoms with Crippen LogP contribution < -0.4 is 0 Å². The molecule has 0 atom stereocenters. The molecule has 5 heteroatoms. The molecule has 0 aliphatic rings. The lowest BCUT2D eigenvalue weighted by atomic mass is 9.96. The number of pyridine rings is 4. The molecule has 10 rings (SSSR count). The summed E-state index contributed by atoms with van der Waals surface area (Å²) in [5.41, 5.74) is 10.5. The van der Waals surface area contributed by atoms with Crippen LogP contribution >= 0.6 is 0 Å². The molecule has 0 radical (unpaired) electrons. The zero-order valence-electron chi connectivity index (χ0n) is 25.1. The summed E-state index contributed by atoms with van der Waals surface area (Å²) in [6.45, 7) is 0. The Morgan fingerprint density at radius 3 is 2.26 bits per heavy atom. The Hall–Kier alpha value is -6.46. The van der Waals surface area contributed by atoms with Crippen molar-refractivity contribution in [2.24, 2.45) is 0 Å². The Labute approximate surface area is 268 Å². The molecule has 47 heavy (non-hydrogen) atoms. The fourth-order valence-corrected chi connectivity index (χ4v) is 6.98. The van der Waals surface area contributed by atoms with Crippen LogP contribution in [0.25, 0.3) is 99.1 Å². The van der Waals surface area contributed by atoms with E-state index in [1.807, 2.05) is 48.9 Å². The van der Waals surface area contributed by atoms with Crippen molar-refractivity contribution in [3.63, 3.8) is 0 Å². The summed E-state index contributed by atoms with van der Waals surface area (Å²) < 4.78 is 6.51. The molecule has 0 saturated carbocycles. The lowest BCUT2D eigenvalue weighted by Gasteiger charge is -2.12. The van der Waals surface area contributed by atoms with Crippen LogP contribution in [0, 0.1) is 0 Å². The summed E-state index contributed by atoms with van der Waals surface area (Å²) in [5.74, 6) is 0. The van der Waals surface area contributed by atoms with Gasteiger partial charge in [-0.3, -0.25) is 15.0 Å². The number of rotatable bonds is 3. The molecule has 0 aliphatic carbocycles. The molecule has 0 N–H and O–H groups in total. The highest BCUT2D eigenvalue weighted by Crippen LogP contribution is 2.41. The van der Waals surface area contributed by atoms with Gasteiger partial charge < -0.3 is 4.42 Å². The highest BCUT2D eigenvalue weighted by Gasteiger charge is 2.17. The summed E-state index contributed by atoms with van der Waals surface area (Å²) in [6.07, 6.45) is 5.60. The van der Waals surface area contributed by atoms with Crippen LogP contribution in [0.5, 0.6) is 0 Å². The first-order chi connectivity index (χ1) is 23.3. The van der Waals surface area contributed by atoms with Crippen molar-refractivity contribution >= 4 is 65.4 Å². The topological polar surface area (TPSA) is 64.7 Å². The van der Waals surface area contributed by atoms with Gasteiger partial charge in [-0.1, -0.05) is 84.9 Å². The van der Waals surface area contributed by atoms with Crippen molar-refractivity contribution in [1.82, 2.24) is 19.9 Å². The largest absolute Gasteiger partial charge is 0.455 e. The number of benzene rings is 5. The van der Waals surface area contributed by atoms with E-state index in [2.05, 4.69) is 107 Å². The molecule has 5 nitrogen and oxygen atoms in total. The smallest absolute Gasteiger partial charge is 0.144 e. The molecule has 5 aromatic heterocycles. The summed E-state index contributed by atoms with van der Waals surface area (Å²) in [6, 6.07) is 43.9. The molecule has 0 unspecified atom stereocenters. The number of para-hydroxylation sites is 2. The second-order valence-electron chi connectivity index (χ2n) is 11.8. The molecule has 0 aliphatic heterocycles. The van der Waals surface area contributed by atoms with Crippen LogP contribution in [-0.2, 0) is 0 Å². The van der Waals surface area contributed by atoms with Gasteiger partial charge in [0.25, 0.3) is 0 Å². The normalized spacial score (nSPS) is 11.8. The van der Waals surface area contributed by atoms with Crippen molar-refractivity contribution < 1.29 is 4.42 Å². The molecular weight excluding hydrogens is 576 g/mol. The van der Waals surface area contributed by atoms with Crippen LogP contribution in [-0.4, -0.2) is 19.9 Å². The number of nitrogens with zero attached hydrogens (tertiary/aromatic N) is 4. The van der Waals surface area contributed by atoms with Gasteiger partial charge in [0.1, 0.15) is 11.2 Å². The summed E-state index contributed by atoms with van der Waals surface area (Å²) >= 11 is 0. The Bertz CT molecular complexity index is 2850. The third-order valence-electron chi connectivity index (χ3n) is 9.20. The van der Waals surface area contributed by atoms with Gasteiger partial charge in [0.15, 0.2) is 0 Å². The second kappa shape index (κ2) is 10.0. The van der Waals surface area contributed by atoms with Crippen molar-refractivity contribution in [2.75, 3.05) is 0 Å². The zero-order valence-corrected chi connectivity index (χ0v) is 25.1. The predicted octanol–water partition coefficient (Wildman–Crippen LogP) is 10.8. The van der Waals surface area contributed by atoms with Crippen LogP contribution in [0.4, 0.5) is 0 Å². The van der Waals surface area contributed by atoms with Crippen molar-refractivity contribution in [3.05, 3.63) is 146 Å². The van der Waals surface area contributed by atoms with Crippen LogP contribution in [0.3, 0.4) is 0 Å². The maximum atomic E-state index is 6.51. The van der Waals surface area contributed by atoms with Crippen molar-refractivity contribution in [3.8, 4) is 33.6 Å². The van der Waals surface area contributed by atoms with E-state index in [1.54, 1.807) is 0 Å². The number of hydrogen-bond donors (Lipinski definition) is 0. The molecule has 0 amide bonds. The first-order valence-corrected chi connectivity index (χ1v) is 15.6. The van der Waals surface area contributed by atoms with E-state index in [1.165, 1.54) is 0 Å². The van der Waals surface area contributed by atoms with Crippen LogP contribution in [0.15, 0.2) is 150 Å². The standard InChI is InChI=1S/C42H24N4O/c1-3-12-36-33(11-1)38-34(18-17-32-30-10-2-4-13-37(30)47-42(32)38)39(46-36)27-8-5-7-26(23-27)28-15-19-35(45-24-28)29-20-22-44-41-31(29)16-14-25-9-6-21-43-40(25)41/h1-24H. The van der Waals surface area contributed by atoms with Gasteiger partial charge in [0.05, 0.1) is 27.9 Å². The van der Waals surface area contributed by atoms with Gasteiger partial charge in [0.2, 0.25) is 0 Å². The van der Waals surface area contributed by atoms with Gasteiger partial charge in [0, 0.05) is 73.0 Å². The molecule has 5 aromatic carbocycles. The molecule has 10 aromatic rings. The van der Waals surface area contributed by atoms with Crippen molar-refractivity contribution in [1.29, 1.82) is 0 Å². The van der Waals surface area contributed by atoms with E-state index in [-0.39, 0.29) is 0 Å². The quantitative estimate of drug-likeness (QED) is 0.189. The Kier molecular flexibility index (Phi) is 5.51. The average molecular weight is 601 g/mol. The fourth-order valence-electron chi connectivity index (χ4n) is 6.98. The zero-order chi connectivity index (χ0) is 30.9. The van der Waals surface area contributed by atoms with Gasteiger partial charge in [-0.25, -0.2) is 4.98 Å². The maximum Gasteiger partial charge on any atom is 0.144 e. The van der Waals surface area contributed by atoms with E-state index in [0.29, 0.717) is 0 Å². The monoisotopic (exact) mass is 600 g/mol. The molecule has 5 heterocycles. The molecule has 0 saturated heterocycles. The minimum absolute atomic E-state index is 0.884. The SMILES string of the molecule is c1cc(-c2ccc(-c3ccnc4c3ccc3cccnc34)nc2)cc(-c2nc3ccccc3c3c2ccc2c4ccccc4oc23)c1. The van der Waals surface area contributed by atoms with E-state index in [9.17, 15) is 0 Å². The third kappa shape index (κ3) is 3.97. The first kappa shape index (κ1) is 25.8. The van der Waals surface area contributed by atoms with Crippen LogP contribution in [0.1, 0.15) is 0 Å². The lowest BCUT2D eigenvalue weighted by Crippen LogP contribution is -1.92. The van der Waals surface area contributed by atoms with Gasteiger partial charge >= 0.3 is 0 Å². The molecular formula is C42H24N4O. The maximum absolute atomic E-state index is 6.51. The van der Waals surface area contributed by atoms with Crippen molar-refractivity contribution in [2.45, 2.75) is 0 Å². The highest BCUT2D eigenvalue weighted by atomic mass is 16.3. The number of aromatic nitrogens is 4. The Balaban J connectivity index is 1.10. The fraction of sp³-hybridized carbons (Fsp3) is 0. The average Bonchev–Trinajstić information content (AvgIpc) is 3.53. The van der Waals surface area contributed by atoms with Crippen LogP contribution in [0.2, 0.25) is 0 Å². The van der Waals surface area contributed by atoms with Gasteiger partial charge in [-0.2, -0.15) is 0 Å². The molecule has 0 spiro atoms. The van der Waals surface area contributed by atoms with E-state index >= 15 is 0 Å². The Morgan fingerprint density at radius 2 is 1.32 bits per heavy atom. The summed E-state index contributed by atoms with van der Waals surface area (Å²) in [7, 11) is 0. The molecule has 0 fully saturated rings. The number of hydrogen-bond acceptors (Lipinski definition) is 5. The van der Waals surface area contributed by atoms with E-state index in [0.717, 1.165) is 99.1 Å². The lowest BCUT2D eigenvalue weighted by molar-refractivity contribution is 0.673.